The quantitative estimate of drug-likeness (QED) is 0.626. The molecule has 10 nitrogen and oxygen atoms in total. The maximum absolute atomic E-state index is 12.8. The van der Waals surface area contributed by atoms with Gasteiger partial charge in [0.2, 0.25) is 17.5 Å². The highest BCUT2D eigenvalue weighted by Gasteiger charge is 2.42. The molecule has 1 heterocycles. The first-order valence-corrected chi connectivity index (χ1v) is 10.0. The fraction of sp³-hybridized carbons (Fsp3) is 0.524. The molecule has 0 aliphatic heterocycles. The summed E-state index contributed by atoms with van der Waals surface area (Å²) in [7, 11) is 4.53. The summed E-state index contributed by atoms with van der Waals surface area (Å²) in [6, 6.07) is 3.36. The van der Waals surface area contributed by atoms with Gasteiger partial charge in [0, 0.05) is 12.5 Å². The molecule has 0 bridgehead atoms. The summed E-state index contributed by atoms with van der Waals surface area (Å²) in [4.78, 5) is 24.4. The van der Waals surface area contributed by atoms with Crippen LogP contribution in [-0.4, -0.2) is 48.9 Å². The van der Waals surface area contributed by atoms with Gasteiger partial charge in [0.05, 0.1) is 21.3 Å². The predicted octanol–water partition coefficient (Wildman–Crippen LogP) is 2.64. The summed E-state index contributed by atoms with van der Waals surface area (Å²) in [5, 5.41) is 10.8. The van der Waals surface area contributed by atoms with Crippen molar-refractivity contribution in [3.8, 4) is 28.7 Å². The Labute approximate surface area is 180 Å². The van der Waals surface area contributed by atoms with E-state index in [4.69, 9.17) is 23.4 Å². The summed E-state index contributed by atoms with van der Waals surface area (Å²) in [6.45, 7) is 1.20. The molecule has 0 spiro atoms. The molecule has 0 saturated heterocycles. The third-order valence-electron chi connectivity index (χ3n) is 5.22. The van der Waals surface area contributed by atoms with Gasteiger partial charge in [-0.3, -0.25) is 4.79 Å². The molecule has 1 aromatic carbocycles. The minimum Gasteiger partial charge on any atom is -0.493 e. The second-order valence-corrected chi connectivity index (χ2v) is 7.32. The lowest BCUT2D eigenvalue weighted by molar-refractivity contribution is -0.157. The number of carbonyl (C=O) groups excluding carboxylic acids is 2. The van der Waals surface area contributed by atoms with Gasteiger partial charge in [-0.2, -0.15) is 0 Å². The summed E-state index contributed by atoms with van der Waals surface area (Å²) in [6.07, 6.45) is 3.82. The highest BCUT2D eigenvalue weighted by Crippen LogP contribution is 2.41. The fourth-order valence-electron chi connectivity index (χ4n) is 3.77. The Kier molecular flexibility index (Phi) is 6.98. The van der Waals surface area contributed by atoms with Gasteiger partial charge < -0.3 is 28.7 Å². The Bertz CT molecular complexity index is 910. The van der Waals surface area contributed by atoms with Crippen LogP contribution in [0.3, 0.4) is 0 Å². The standard InChI is InChI=1S/C21H27N3O7/c1-13(25)22-21(8-6-5-7-9-21)20(26)30-12-17-23-24-19(31-17)14-10-15(27-2)18(29-4)16(11-14)28-3/h10-11H,5-9,12H2,1-4H3,(H,22,25). The van der Waals surface area contributed by atoms with Gasteiger partial charge in [0.1, 0.15) is 5.54 Å². The number of nitrogens with zero attached hydrogens (tertiary/aromatic N) is 2. The fourth-order valence-corrected chi connectivity index (χ4v) is 3.77. The molecule has 1 fully saturated rings. The Morgan fingerprint density at radius 2 is 1.68 bits per heavy atom. The smallest absolute Gasteiger partial charge is 0.332 e. The molecule has 31 heavy (non-hydrogen) atoms. The maximum Gasteiger partial charge on any atom is 0.332 e. The van der Waals surface area contributed by atoms with Crippen molar-refractivity contribution in [2.24, 2.45) is 0 Å². The summed E-state index contributed by atoms with van der Waals surface area (Å²) < 4.78 is 27.1. The highest BCUT2D eigenvalue weighted by atomic mass is 16.5. The lowest BCUT2D eigenvalue weighted by Crippen LogP contribution is -2.55. The van der Waals surface area contributed by atoms with Crippen LogP contribution in [0.2, 0.25) is 0 Å². The highest BCUT2D eigenvalue weighted by molar-refractivity contribution is 5.87. The van der Waals surface area contributed by atoms with E-state index in [9.17, 15) is 9.59 Å². The van der Waals surface area contributed by atoms with Crippen molar-refractivity contribution in [2.75, 3.05) is 21.3 Å². The van der Waals surface area contributed by atoms with Crippen LogP contribution in [0.4, 0.5) is 0 Å². The second kappa shape index (κ2) is 9.67. The van der Waals surface area contributed by atoms with Crippen molar-refractivity contribution in [1.82, 2.24) is 15.5 Å². The molecule has 0 unspecified atom stereocenters. The van der Waals surface area contributed by atoms with Crippen molar-refractivity contribution >= 4 is 11.9 Å². The minimum atomic E-state index is -0.996. The van der Waals surface area contributed by atoms with Crippen LogP contribution in [0.25, 0.3) is 11.5 Å². The van der Waals surface area contributed by atoms with Gasteiger partial charge in [-0.25, -0.2) is 4.79 Å². The molecule has 1 saturated carbocycles. The molecular formula is C21H27N3O7. The molecule has 1 aliphatic carbocycles. The Balaban J connectivity index is 1.74. The molecule has 1 aromatic heterocycles. The average molecular weight is 433 g/mol. The van der Waals surface area contributed by atoms with E-state index < -0.39 is 11.5 Å². The Morgan fingerprint density at radius 1 is 1.03 bits per heavy atom. The van der Waals surface area contributed by atoms with Gasteiger partial charge in [0.25, 0.3) is 5.89 Å². The van der Waals surface area contributed by atoms with Gasteiger partial charge in [-0.1, -0.05) is 19.3 Å². The average Bonchev–Trinajstić information content (AvgIpc) is 3.25. The first kappa shape index (κ1) is 22.4. The van der Waals surface area contributed by atoms with Gasteiger partial charge in [0.15, 0.2) is 18.1 Å². The van der Waals surface area contributed by atoms with Gasteiger partial charge in [-0.05, 0) is 25.0 Å². The molecule has 0 atom stereocenters. The molecule has 1 N–H and O–H groups in total. The zero-order chi connectivity index (χ0) is 22.4. The largest absolute Gasteiger partial charge is 0.493 e. The summed E-state index contributed by atoms with van der Waals surface area (Å²) in [5.41, 5.74) is -0.439. The van der Waals surface area contributed by atoms with Crippen LogP contribution >= 0.6 is 0 Å². The van der Waals surface area contributed by atoms with Crippen molar-refractivity contribution < 1.29 is 33.0 Å². The van der Waals surface area contributed by atoms with E-state index in [1.54, 1.807) is 12.1 Å². The van der Waals surface area contributed by atoms with Crippen LogP contribution in [0, 0.1) is 0 Å². The van der Waals surface area contributed by atoms with Gasteiger partial charge in [-0.15, -0.1) is 10.2 Å². The van der Waals surface area contributed by atoms with Gasteiger partial charge >= 0.3 is 5.97 Å². The number of aromatic nitrogens is 2. The SMILES string of the molecule is COc1cc(-c2nnc(COC(=O)C3(NC(C)=O)CCCCC3)o2)cc(OC)c1OC. The van der Waals surface area contributed by atoms with Crippen LogP contribution in [0.15, 0.2) is 16.5 Å². The molecular weight excluding hydrogens is 406 g/mol. The maximum atomic E-state index is 12.8. The third-order valence-corrected chi connectivity index (χ3v) is 5.22. The molecule has 1 aliphatic rings. The van der Waals surface area contributed by atoms with E-state index in [1.807, 2.05) is 0 Å². The Morgan fingerprint density at radius 3 is 2.23 bits per heavy atom. The van der Waals surface area contributed by atoms with E-state index in [0.717, 1.165) is 19.3 Å². The van der Waals surface area contributed by atoms with Crippen molar-refractivity contribution in [1.29, 1.82) is 0 Å². The minimum absolute atomic E-state index is 0.130. The number of methoxy groups -OCH3 is 3. The summed E-state index contributed by atoms with van der Waals surface area (Å²) in [5.74, 6) is 0.912. The van der Waals surface area contributed by atoms with E-state index in [2.05, 4.69) is 15.5 Å². The topological polar surface area (TPSA) is 122 Å². The first-order valence-electron chi connectivity index (χ1n) is 10.0. The van der Waals surface area contributed by atoms with Crippen molar-refractivity contribution in [2.45, 2.75) is 51.2 Å². The molecule has 2 aromatic rings. The molecule has 10 heteroatoms. The van der Waals surface area contributed by atoms with E-state index in [1.165, 1.54) is 28.3 Å². The molecule has 0 radical (unpaired) electrons. The van der Waals surface area contributed by atoms with E-state index >= 15 is 0 Å². The van der Waals surface area contributed by atoms with E-state index in [-0.39, 0.29) is 24.3 Å². The number of hydrogen-bond donors (Lipinski definition) is 1. The van der Waals surface area contributed by atoms with E-state index in [0.29, 0.717) is 35.7 Å². The lowest BCUT2D eigenvalue weighted by Gasteiger charge is -2.35. The zero-order valence-corrected chi connectivity index (χ0v) is 18.1. The number of esters is 1. The second-order valence-electron chi connectivity index (χ2n) is 7.32. The first-order chi connectivity index (χ1) is 14.9. The number of ether oxygens (including phenoxy) is 4. The zero-order valence-electron chi connectivity index (χ0n) is 18.1. The van der Waals surface area contributed by atoms with Crippen LogP contribution in [0.5, 0.6) is 17.2 Å². The number of amides is 1. The number of rotatable bonds is 8. The predicted molar refractivity (Wildman–Crippen MR) is 109 cm³/mol. The lowest BCUT2D eigenvalue weighted by atomic mass is 9.81. The van der Waals surface area contributed by atoms with Crippen molar-refractivity contribution in [3.63, 3.8) is 0 Å². The van der Waals surface area contributed by atoms with Crippen molar-refractivity contribution in [3.05, 3.63) is 18.0 Å². The van der Waals surface area contributed by atoms with Crippen LogP contribution < -0.4 is 19.5 Å². The van der Waals surface area contributed by atoms with Crippen LogP contribution in [0.1, 0.15) is 44.9 Å². The Hall–Kier alpha value is -3.30. The molecule has 168 valence electrons. The normalized spacial score (nSPS) is 15.1. The number of carbonyl (C=O) groups is 2. The third kappa shape index (κ3) is 4.89. The number of benzene rings is 1. The molecule has 1 amide bonds. The monoisotopic (exact) mass is 433 g/mol. The number of nitrogens with one attached hydrogen (secondary N) is 1. The summed E-state index contributed by atoms with van der Waals surface area (Å²) >= 11 is 0. The van der Waals surface area contributed by atoms with Crippen LogP contribution in [-0.2, 0) is 20.9 Å². The number of hydrogen-bond acceptors (Lipinski definition) is 9. The molecule has 3 rings (SSSR count).